The lowest BCUT2D eigenvalue weighted by Crippen LogP contribution is -2.47. The van der Waals surface area contributed by atoms with Crippen LogP contribution < -0.4 is 20.1 Å². The summed E-state index contributed by atoms with van der Waals surface area (Å²) in [6.07, 6.45) is 0. The fourth-order valence-corrected chi connectivity index (χ4v) is 4.90. The average Bonchev–Trinajstić information content (AvgIpc) is 2.79. The minimum atomic E-state index is -4.13. The van der Waals surface area contributed by atoms with Gasteiger partial charge in [0.05, 0.1) is 48.6 Å². The first-order valence-electron chi connectivity index (χ1n) is 9.40. The lowest BCUT2D eigenvalue weighted by atomic mass is 9.95. The van der Waals surface area contributed by atoms with Gasteiger partial charge in [0, 0.05) is 5.70 Å². The number of halogens is 2. The molecule has 0 saturated heterocycles. The standard InChI is InChI=1S/C21H20ClFN2O7S/c1-30-16-7-4-11(8-17(16)31-2)19-18(20(26)32-3)15(24-21(27)25-19)10-33(28,29)12-5-6-14(23)13(22)9-12/h4-9,19H,10H2,1-3H3,(H2,24,25,27)/t19-/m0/s1. The third kappa shape index (κ3) is 5.04. The van der Waals surface area contributed by atoms with Crippen LogP contribution in [0.2, 0.25) is 5.02 Å². The largest absolute Gasteiger partial charge is 0.493 e. The Labute approximate surface area is 194 Å². The molecule has 0 spiro atoms. The number of hydrogen-bond acceptors (Lipinski definition) is 7. The lowest BCUT2D eigenvalue weighted by Gasteiger charge is -2.29. The molecule has 2 aromatic carbocycles. The summed E-state index contributed by atoms with van der Waals surface area (Å²) in [6, 6.07) is 5.85. The Balaban J connectivity index is 2.12. The molecular formula is C21H20ClFN2O7S. The molecular weight excluding hydrogens is 479 g/mol. The van der Waals surface area contributed by atoms with Gasteiger partial charge in [0.15, 0.2) is 21.3 Å². The van der Waals surface area contributed by atoms with Gasteiger partial charge in [-0.15, -0.1) is 0 Å². The minimum absolute atomic E-state index is 0.124. The third-order valence-electron chi connectivity index (χ3n) is 4.88. The molecule has 176 valence electrons. The summed E-state index contributed by atoms with van der Waals surface area (Å²) in [5, 5.41) is 4.58. The first-order chi connectivity index (χ1) is 15.6. The zero-order valence-electron chi connectivity index (χ0n) is 17.8. The van der Waals surface area contributed by atoms with Gasteiger partial charge in [0.1, 0.15) is 5.82 Å². The van der Waals surface area contributed by atoms with E-state index in [1.165, 1.54) is 14.2 Å². The number of carbonyl (C=O) groups is 2. The number of methoxy groups -OCH3 is 3. The van der Waals surface area contributed by atoms with Crippen LogP contribution in [-0.2, 0) is 19.4 Å². The highest BCUT2D eigenvalue weighted by Crippen LogP contribution is 2.35. The van der Waals surface area contributed by atoms with E-state index in [1.54, 1.807) is 18.2 Å². The number of urea groups is 1. The van der Waals surface area contributed by atoms with Gasteiger partial charge in [-0.1, -0.05) is 17.7 Å². The molecule has 1 atom stereocenters. The summed E-state index contributed by atoms with van der Waals surface area (Å²) in [5.41, 5.74) is 0.106. The molecule has 2 aromatic rings. The summed E-state index contributed by atoms with van der Waals surface area (Å²) < 4.78 is 54.8. The Morgan fingerprint density at radius 1 is 1.09 bits per heavy atom. The van der Waals surface area contributed by atoms with Crippen LogP contribution in [0.15, 0.2) is 52.6 Å². The molecule has 1 heterocycles. The highest BCUT2D eigenvalue weighted by Gasteiger charge is 2.36. The summed E-state index contributed by atoms with van der Waals surface area (Å²) in [5.74, 6) is -1.65. The second-order valence-corrected chi connectivity index (χ2v) is 9.26. The second-order valence-electron chi connectivity index (χ2n) is 6.86. The molecule has 1 aliphatic rings. The molecule has 2 N–H and O–H groups in total. The van der Waals surface area contributed by atoms with Crippen LogP contribution in [0.4, 0.5) is 9.18 Å². The van der Waals surface area contributed by atoms with Crippen molar-refractivity contribution in [2.24, 2.45) is 0 Å². The molecule has 12 heteroatoms. The van der Waals surface area contributed by atoms with Crippen molar-refractivity contribution < 1.29 is 36.6 Å². The number of carbonyl (C=O) groups excluding carboxylic acids is 2. The van der Waals surface area contributed by atoms with Crippen molar-refractivity contribution in [1.29, 1.82) is 0 Å². The van der Waals surface area contributed by atoms with Crippen LogP contribution in [0.3, 0.4) is 0 Å². The quantitative estimate of drug-likeness (QED) is 0.445. The van der Waals surface area contributed by atoms with Gasteiger partial charge < -0.3 is 24.8 Å². The Hall–Kier alpha value is -3.31. The van der Waals surface area contributed by atoms with Gasteiger partial charge in [0.25, 0.3) is 0 Å². The van der Waals surface area contributed by atoms with Gasteiger partial charge in [-0.3, -0.25) is 0 Å². The van der Waals surface area contributed by atoms with E-state index in [0.717, 1.165) is 25.3 Å². The van der Waals surface area contributed by atoms with Gasteiger partial charge in [0.2, 0.25) is 0 Å². The molecule has 0 radical (unpaired) electrons. The fourth-order valence-electron chi connectivity index (χ4n) is 3.31. The smallest absolute Gasteiger partial charge is 0.338 e. The molecule has 0 aromatic heterocycles. The molecule has 9 nitrogen and oxygen atoms in total. The van der Waals surface area contributed by atoms with Crippen LogP contribution in [0.5, 0.6) is 11.5 Å². The number of rotatable bonds is 7. The summed E-state index contributed by atoms with van der Waals surface area (Å²) in [4.78, 5) is 24.8. The van der Waals surface area contributed by atoms with E-state index in [0.29, 0.717) is 17.1 Å². The van der Waals surface area contributed by atoms with E-state index in [4.69, 9.17) is 25.8 Å². The molecule has 0 unspecified atom stereocenters. The monoisotopic (exact) mass is 498 g/mol. The molecule has 1 aliphatic heterocycles. The molecule has 0 saturated carbocycles. The van der Waals surface area contributed by atoms with E-state index in [1.807, 2.05) is 0 Å². The van der Waals surface area contributed by atoms with E-state index in [2.05, 4.69) is 10.6 Å². The molecule has 0 bridgehead atoms. The zero-order valence-corrected chi connectivity index (χ0v) is 19.3. The number of amides is 2. The SMILES string of the molecule is COC(=O)C1=C(CS(=O)(=O)c2ccc(F)c(Cl)c2)NC(=O)N[C@H]1c1ccc(OC)c(OC)c1. The topological polar surface area (TPSA) is 120 Å². The number of hydrogen-bond donors (Lipinski definition) is 2. The zero-order chi connectivity index (χ0) is 24.3. The Bertz CT molecular complexity index is 1250. The predicted molar refractivity (Wildman–Crippen MR) is 116 cm³/mol. The molecule has 3 rings (SSSR count). The van der Waals surface area contributed by atoms with Crippen molar-refractivity contribution in [2.75, 3.05) is 27.1 Å². The fraction of sp³-hybridized carbons (Fsp3) is 0.238. The van der Waals surface area contributed by atoms with E-state index >= 15 is 0 Å². The van der Waals surface area contributed by atoms with Crippen molar-refractivity contribution in [3.8, 4) is 11.5 Å². The number of ether oxygens (including phenoxy) is 3. The molecule has 2 amide bonds. The van der Waals surface area contributed by atoms with Crippen molar-refractivity contribution in [1.82, 2.24) is 10.6 Å². The van der Waals surface area contributed by atoms with Crippen molar-refractivity contribution in [3.05, 3.63) is 64.1 Å². The normalized spacial score (nSPS) is 16.0. The maximum absolute atomic E-state index is 13.5. The van der Waals surface area contributed by atoms with Crippen LogP contribution in [0.1, 0.15) is 11.6 Å². The molecule has 0 fully saturated rings. The van der Waals surface area contributed by atoms with Crippen molar-refractivity contribution in [2.45, 2.75) is 10.9 Å². The lowest BCUT2D eigenvalue weighted by molar-refractivity contribution is -0.136. The highest BCUT2D eigenvalue weighted by atomic mass is 35.5. The average molecular weight is 499 g/mol. The second kappa shape index (κ2) is 9.67. The van der Waals surface area contributed by atoms with Gasteiger partial charge in [-0.2, -0.15) is 0 Å². The molecule has 0 aliphatic carbocycles. The number of benzene rings is 2. The van der Waals surface area contributed by atoms with Crippen LogP contribution in [0, 0.1) is 5.82 Å². The molecule has 33 heavy (non-hydrogen) atoms. The van der Waals surface area contributed by atoms with Crippen molar-refractivity contribution >= 4 is 33.4 Å². The van der Waals surface area contributed by atoms with Gasteiger partial charge >= 0.3 is 12.0 Å². The Morgan fingerprint density at radius 2 is 1.79 bits per heavy atom. The number of esters is 1. The maximum Gasteiger partial charge on any atom is 0.338 e. The van der Waals surface area contributed by atoms with Crippen molar-refractivity contribution in [3.63, 3.8) is 0 Å². The maximum atomic E-state index is 13.5. The van der Waals surface area contributed by atoms with Crippen LogP contribution >= 0.6 is 11.6 Å². The first kappa shape index (κ1) is 24.3. The van der Waals surface area contributed by atoms with E-state index in [9.17, 15) is 22.4 Å². The number of nitrogens with one attached hydrogen (secondary N) is 2. The van der Waals surface area contributed by atoms with E-state index < -0.39 is 39.4 Å². The summed E-state index contributed by atoms with van der Waals surface area (Å²) in [7, 11) is -0.127. The Morgan fingerprint density at radius 3 is 2.39 bits per heavy atom. The minimum Gasteiger partial charge on any atom is -0.493 e. The predicted octanol–water partition coefficient (Wildman–Crippen LogP) is 2.75. The van der Waals surface area contributed by atoms with Gasteiger partial charge in [-0.25, -0.2) is 22.4 Å². The third-order valence-corrected chi connectivity index (χ3v) is 6.81. The van der Waals surface area contributed by atoms with E-state index in [-0.39, 0.29) is 21.2 Å². The van der Waals surface area contributed by atoms with Crippen LogP contribution in [0.25, 0.3) is 0 Å². The first-order valence-corrected chi connectivity index (χ1v) is 11.4. The van der Waals surface area contributed by atoms with Crippen LogP contribution in [-0.4, -0.2) is 47.5 Å². The number of sulfone groups is 1. The van der Waals surface area contributed by atoms with Gasteiger partial charge in [-0.05, 0) is 35.9 Å². The highest BCUT2D eigenvalue weighted by molar-refractivity contribution is 7.91. The summed E-state index contributed by atoms with van der Waals surface area (Å²) >= 11 is 5.72. The Kier molecular flexibility index (Phi) is 7.13. The summed E-state index contributed by atoms with van der Waals surface area (Å²) in [6.45, 7) is 0.